The number of amides is 1. The smallest absolute Gasteiger partial charge is 0.257 e. The number of anilines is 1. The summed E-state index contributed by atoms with van der Waals surface area (Å²) in [4.78, 5) is 31.0. The zero-order chi connectivity index (χ0) is 16.4. The highest BCUT2D eigenvalue weighted by atomic mass is 16.5. The standard InChI is InChI=1S/C15H18N6O2/c1-9-11(7-19-10(2)20-9)15(22)21-5-6-23-12(8-21)13-14(16)18-4-3-17-13/h3-4,7,12H,5-6,8H2,1-2H3,(H2,16,18). The van der Waals surface area contributed by atoms with Gasteiger partial charge >= 0.3 is 0 Å². The third kappa shape index (κ3) is 3.11. The SMILES string of the molecule is Cc1ncc(C(=O)N2CCOC(c3nccnc3N)C2)c(C)n1. The third-order valence-corrected chi connectivity index (χ3v) is 3.75. The molecule has 3 heterocycles. The summed E-state index contributed by atoms with van der Waals surface area (Å²) in [7, 11) is 0. The van der Waals surface area contributed by atoms with Crippen molar-refractivity contribution in [1.29, 1.82) is 0 Å². The first kappa shape index (κ1) is 15.3. The zero-order valence-electron chi connectivity index (χ0n) is 13.1. The number of morpholine rings is 1. The Labute approximate surface area is 133 Å². The van der Waals surface area contributed by atoms with Crippen molar-refractivity contribution >= 4 is 11.7 Å². The summed E-state index contributed by atoms with van der Waals surface area (Å²) in [5, 5.41) is 0. The lowest BCUT2D eigenvalue weighted by atomic mass is 10.1. The molecule has 0 aliphatic carbocycles. The van der Waals surface area contributed by atoms with Gasteiger partial charge in [0.1, 0.15) is 23.4 Å². The fourth-order valence-electron chi connectivity index (χ4n) is 2.57. The molecule has 3 rings (SSSR count). The Morgan fingerprint density at radius 1 is 1.30 bits per heavy atom. The molecule has 0 aromatic carbocycles. The fraction of sp³-hybridized carbons (Fsp3) is 0.400. The minimum atomic E-state index is -0.381. The minimum absolute atomic E-state index is 0.113. The van der Waals surface area contributed by atoms with Crippen LogP contribution in [-0.4, -0.2) is 50.4 Å². The van der Waals surface area contributed by atoms with Crippen LogP contribution in [0.3, 0.4) is 0 Å². The lowest BCUT2D eigenvalue weighted by Gasteiger charge is -2.33. The molecule has 0 saturated carbocycles. The molecule has 0 radical (unpaired) electrons. The number of nitrogen functional groups attached to an aromatic ring is 1. The van der Waals surface area contributed by atoms with E-state index < -0.39 is 0 Å². The van der Waals surface area contributed by atoms with Crippen LogP contribution in [0.15, 0.2) is 18.6 Å². The van der Waals surface area contributed by atoms with Crippen LogP contribution in [0, 0.1) is 13.8 Å². The van der Waals surface area contributed by atoms with Gasteiger partial charge in [0.15, 0.2) is 0 Å². The number of nitrogens with zero attached hydrogens (tertiary/aromatic N) is 5. The van der Waals surface area contributed by atoms with Gasteiger partial charge in [0, 0.05) is 25.1 Å². The number of carbonyl (C=O) groups is 1. The summed E-state index contributed by atoms with van der Waals surface area (Å²) in [5.41, 5.74) is 7.58. The van der Waals surface area contributed by atoms with Crippen LogP contribution in [0.5, 0.6) is 0 Å². The van der Waals surface area contributed by atoms with Crippen LogP contribution < -0.4 is 5.73 Å². The van der Waals surface area contributed by atoms with Gasteiger partial charge in [-0.05, 0) is 13.8 Å². The second-order valence-electron chi connectivity index (χ2n) is 5.35. The maximum atomic E-state index is 12.7. The Kier molecular flexibility index (Phi) is 4.16. The molecule has 1 aliphatic rings. The van der Waals surface area contributed by atoms with E-state index in [0.29, 0.717) is 48.3 Å². The third-order valence-electron chi connectivity index (χ3n) is 3.75. The van der Waals surface area contributed by atoms with Crippen molar-refractivity contribution in [1.82, 2.24) is 24.8 Å². The first-order chi connectivity index (χ1) is 11.1. The van der Waals surface area contributed by atoms with E-state index in [2.05, 4.69) is 19.9 Å². The molecule has 2 aromatic heterocycles. The molecule has 0 spiro atoms. The Bertz CT molecular complexity index is 736. The van der Waals surface area contributed by atoms with Crippen LogP contribution in [0.1, 0.15) is 33.7 Å². The number of aryl methyl sites for hydroxylation is 2. The van der Waals surface area contributed by atoms with Gasteiger partial charge in [-0.15, -0.1) is 0 Å². The molecule has 1 unspecified atom stereocenters. The summed E-state index contributed by atoms with van der Waals surface area (Å²) >= 11 is 0. The number of nitrogens with two attached hydrogens (primary N) is 1. The summed E-state index contributed by atoms with van der Waals surface area (Å²) in [6, 6.07) is 0. The highest BCUT2D eigenvalue weighted by Gasteiger charge is 2.29. The van der Waals surface area contributed by atoms with Crippen LogP contribution >= 0.6 is 0 Å². The largest absolute Gasteiger partial charge is 0.382 e. The van der Waals surface area contributed by atoms with Crippen LogP contribution in [0.4, 0.5) is 5.82 Å². The summed E-state index contributed by atoms with van der Waals surface area (Å²) in [6.45, 7) is 4.89. The predicted octanol–water partition coefficient (Wildman–Crippen LogP) is 0.679. The van der Waals surface area contributed by atoms with E-state index in [1.807, 2.05) is 0 Å². The quantitative estimate of drug-likeness (QED) is 0.868. The van der Waals surface area contributed by atoms with Crippen molar-refractivity contribution in [2.24, 2.45) is 0 Å². The van der Waals surface area contributed by atoms with E-state index in [9.17, 15) is 4.79 Å². The molecule has 2 N–H and O–H groups in total. The zero-order valence-corrected chi connectivity index (χ0v) is 13.1. The molecular weight excluding hydrogens is 296 g/mol. The van der Waals surface area contributed by atoms with E-state index in [1.54, 1.807) is 31.1 Å². The highest BCUT2D eigenvalue weighted by molar-refractivity contribution is 5.95. The highest BCUT2D eigenvalue weighted by Crippen LogP contribution is 2.24. The molecule has 23 heavy (non-hydrogen) atoms. The van der Waals surface area contributed by atoms with Gasteiger partial charge in [-0.25, -0.2) is 15.0 Å². The number of hydrogen-bond donors (Lipinski definition) is 1. The molecule has 8 heteroatoms. The van der Waals surface area contributed by atoms with E-state index in [1.165, 1.54) is 6.20 Å². The average molecular weight is 314 g/mol. The van der Waals surface area contributed by atoms with Crippen molar-refractivity contribution in [3.8, 4) is 0 Å². The molecular formula is C15H18N6O2. The van der Waals surface area contributed by atoms with Gasteiger partial charge in [-0.2, -0.15) is 0 Å². The predicted molar refractivity (Wildman–Crippen MR) is 82.5 cm³/mol. The molecule has 8 nitrogen and oxygen atoms in total. The van der Waals surface area contributed by atoms with Crippen molar-refractivity contribution < 1.29 is 9.53 Å². The first-order valence-electron chi connectivity index (χ1n) is 7.33. The second kappa shape index (κ2) is 6.25. The van der Waals surface area contributed by atoms with E-state index >= 15 is 0 Å². The Morgan fingerprint density at radius 3 is 2.83 bits per heavy atom. The van der Waals surface area contributed by atoms with Crippen molar-refractivity contribution in [3.63, 3.8) is 0 Å². The summed E-state index contributed by atoms with van der Waals surface area (Å²) in [5.74, 6) is 0.853. The molecule has 1 saturated heterocycles. The van der Waals surface area contributed by atoms with Crippen molar-refractivity contribution in [2.75, 3.05) is 25.4 Å². The molecule has 2 aromatic rings. The Morgan fingerprint density at radius 2 is 2.09 bits per heavy atom. The van der Waals surface area contributed by atoms with E-state index in [-0.39, 0.29) is 12.0 Å². The number of aromatic nitrogens is 4. The lowest BCUT2D eigenvalue weighted by molar-refractivity contribution is -0.0245. The molecule has 1 atom stereocenters. The van der Waals surface area contributed by atoms with Gasteiger partial charge in [0.25, 0.3) is 5.91 Å². The normalized spacial score (nSPS) is 18.0. The monoisotopic (exact) mass is 314 g/mol. The maximum Gasteiger partial charge on any atom is 0.257 e. The molecule has 0 bridgehead atoms. The van der Waals surface area contributed by atoms with Crippen molar-refractivity contribution in [3.05, 3.63) is 41.4 Å². The summed E-state index contributed by atoms with van der Waals surface area (Å²) < 4.78 is 5.70. The Hall–Kier alpha value is -2.61. The van der Waals surface area contributed by atoms with E-state index in [0.717, 1.165) is 0 Å². The number of rotatable bonds is 2. The summed E-state index contributed by atoms with van der Waals surface area (Å²) in [6.07, 6.45) is 4.28. The maximum absolute atomic E-state index is 12.7. The molecule has 1 fully saturated rings. The van der Waals surface area contributed by atoms with Crippen molar-refractivity contribution in [2.45, 2.75) is 20.0 Å². The molecule has 1 aliphatic heterocycles. The van der Waals surface area contributed by atoms with Gasteiger partial charge in [-0.3, -0.25) is 9.78 Å². The lowest BCUT2D eigenvalue weighted by Crippen LogP contribution is -2.43. The van der Waals surface area contributed by atoms with Gasteiger partial charge < -0.3 is 15.4 Å². The average Bonchev–Trinajstić information content (AvgIpc) is 2.55. The van der Waals surface area contributed by atoms with Crippen LogP contribution in [-0.2, 0) is 4.74 Å². The molecule has 1 amide bonds. The van der Waals surface area contributed by atoms with Crippen LogP contribution in [0.25, 0.3) is 0 Å². The van der Waals surface area contributed by atoms with Gasteiger partial charge in [-0.1, -0.05) is 0 Å². The minimum Gasteiger partial charge on any atom is -0.382 e. The van der Waals surface area contributed by atoms with E-state index in [4.69, 9.17) is 10.5 Å². The van der Waals surface area contributed by atoms with Gasteiger partial charge in [0.2, 0.25) is 0 Å². The first-order valence-corrected chi connectivity index (χ1v) is 7.33. The van der Waals surface area contributed by atoms with Gasteiger partial charge in [0.05, 0.1) is 24.4 Å². The van der Waals surface area contributed by atoms with Crippen LogP contribution in [0.2, 0.25) is 0 Å². The second-order valence-corrected chi connectivity index (χ2v) is 5.35. The molecule has 120 valence electrons. The Balaban J connectivity index is 1.81. The fourth-order valence-corrected chi connectivity index (χ4v) is 2.57. The number of ether oxygens (including phenoxy) is 1. The topological polar surface area (TPSA) is 107 Å². The number of hydrogen-bond acceptors (Lipinski definition) is 7. The number of carbonyl (C=O) groups excluding carboxylic acids is 1.